The van der Waals surface area contributed by atoms with Crippen molar-refractivity contribution < 1.29 is 23.7 Å². The van der Waals surface area contributed by atoms with E-state index in [0.29, 0.717) is 32.9 Å². The number of ether oxygens (including phenoxy) is 4. The van der Waals surface area contributed by atoms with Crippen LogP contribution in [0.15, 0.2) is 54.6 Å². The van der Waals surface area contributed by atoms with Crippen molar-refractivity contribution in [1.82, 2.24) is 4.90 Å². The molecule has 7 heteroatoms. The van der Waals surface area contributed by atoms with Gasteiger partial charge < -0.3 is 23.8 Å². The second kappa shape index (κ2) is 9.75. The summed E-state index contributed by atoms with van der Waals surface area (Å²) in [4.78, 5) is 16.8. The molecule has 3 aromatic rings. The lowest BCUT2D eigenvalue weighted by Crippen LogP contribution is -2.41. The predicted molar refractivity (Wildman–Crippen MR) is 128 cm³/mol. The van der Waals surface area contributed by atoms with E-state index in [2.05, 4.69) is 0 Å². The van der Waals surface area contributed by atoms with Gasteiger partial charge in [0.05, 0.1) is 11.5 Å². The SMILES string of the molecule is CCOc1ccccc1OC1CCN(C(=O)c2ccc(-c3ccc4c(c3)OCCO4)s2)CC1. The molecule has 0 bridgehead atoms. The smallest absolute Gasteiger partial charge is 0.263 e. The summed E-state index contributed by atoms with van der Waals surface area (Å²) in [5, 5.41) is 0. The lowest BCUT2D eigenvalue weighted by Gasteiger charge is -2.32. The number of fused-ring (bicyclic) bond motifs is 1. The largest absolute Gasteiger partial charge is 0.490 e. The van der Waals surface area contributed by atoms with Crippen LogP contribution in [0.5, 0.6) is 23.0 Å². The first kappa shape index (κ1) is 21.6. The van der Waals surface area contributed by atoms with Gasteiger partial charge in [0.25, 0.3) is 5.91 Å². The molecule has 1 amide bonds. The Kier molecular flexibility index (Phi) is 6.39. The van der Waals surface area contributed by atoms with E-state index in [1.165, 1.54) is 11.3 Å². The summed E-state index contributed by atoms with van der Waals surface area (Å²) >= 11 is 1.51. The highest BCUT2D eigenvalue weighted by Gasteiger charge is 2.26. The minimum absolute atomic E-state index is 0.0762. The van der Waals surface area contributed by atoms with Gasteiger partial charge in [0, 0.05) is 30.8 Å². The summed E-state index contributed by atoms with van der Waals surface area (Å²) in [6.07, 6.45) is 1.67. The molecule has 5 rings (SSSR count). The van der Waals surface area contributed by atoms with Crippen LogP contribution >= 0.6 is 11.3 Å². The van der Waals surface area contributed by atoms with Crippen molar-refractivity contribution in [3.05, 3.63) is 59.5 Å². The van der Waals surface area contributed by atoms with E-state index >= 15 is 0 Å². The van der Waals surface area contributed by atoms with Crippen LogP contribution in [0.4, 0.5) is 0 Å². The van der Waals surface area contributed by atoms with E-state index in [1.807, 2.05) is 66.4 Å². The highest BCUT2D eigenvalue weighted by atomic mass is 32.1. The minimum atomic E-state index is 0.0762. The maximum absolute atomic E-state index is 13.1. The number of hydrogen-bond donors (Lipinski definition) is 0. The van der Waals surface area contributed by atoms with Crippen molar-refractivity contribution in [2.24, 2.45) is 0 Å². The zero-order valence-corrected chi connectivity index (χ0v) is 19.4. The first-order chi connectivity index (χ1) is 16.2. The molecule has 0 spiro atoms. The van der Waals surface area contributed by atoms with Gasteiger partial charge in [-0.25, -0.2) is 0 Å². The summed E-state index contributed by atoms with van der Waals surface area (Å²) in [5.74, 6) is 3.15. The lowest BCUT2D eigenvalue weighted by atomic mass is 10.1. The van der Waals surface area contributed by atoms with Crippen molar-refractivity contribution in [3.63, 3.8) is 0 Å². The Balaban J connectivity index is 1.20. The molecule has 0 unspecified atom stereocenters. The Morgan fingerprint density at radius 3 is 2.55 bits per heavy atom. The first-order valence-electron chi connectivity index (χ1n) is 11.4. The second-order valence-electron chi connectivity index (χ2n) is 8.01. The van der Waals surface area contributed by atoms with E-state index in [1.54, 1.807) is 0 Å². The third-order valence-electron chi connectivity index (χ3n) is 5.82. The molecule has 2 aromatic carbocycles. The number of para-hydroxylation sites is 2. The summed E-state index contributed by atoms with van der Waals surface area (Å²) in [6.45, 7) is 5.05. The van der Waals surface area contributed by atoms with Crippen LogP contribution in [0.3, 0.4) is 0 Å². The molecule has 0 N–H and O–H groups in total. The number of benzene rings is 2. The molecule has 0 saturated carbocycles. The number of piperidine rings is 1. The van der Waals surface area contributed by atoms with Gasteiger partial charge in [0.15, 0.2) is 23.0 Å². The quantitative estimate of drug-likeness (QED) is 0.497. The summed E-state index contributed by atoms with van der Waals surface area (Å²) in [5.41, 5.74) is 1.03. The number of nitrogens with zero attached hydrogens (tertiary/aromatic N) is 1. The average molecular weight is 466 g/mol. The van der Waals surface area contributed by atoms with E-state index < -0.39 is 0 Å². The molecule has 1 aromatic heterocycles. The highest BCUT2D eigenvalue weighted by molar-refractivity contribution is 7.17. The van der Waals surface area contributed by atoms with Crippen molar-refractivity contribution in [2.45, 2.75) is 25.9 Å². The Morgan fingerprint density at radius 1 is 1.00 bits per heavy atom. The highest BCUT2D eigenvalue weighted by Crippen LogP contribution is 2.37. The molecule has 0 atom stereocenters. The summed E-state index contributed by atoms with van der Waals surface area (Å²) in [7, 11) is 0. The van der Waals surface area contributed by atoms with Crippen LogP contribution in [0.1, 0.15) is 29.4 Å². The van der Waals surface area contributed by atoms with Crippen molar-refractivity contribution in [3.8, 4) is 33.4 Å². The Morgan fingerprint density at radius 2 is 1.76 bits per heavy atom. The summed E-state index contributed by atoms with van der Waals surface area (Å²) in [6, 6.07) is 17.6. The van der Waals surface area contributed by atoms with Crippen LogP contribution in [-0.4, -0.2) is 49.8 Å². The molecule has 2 aliphatic heterocycles. The zero-order chi connectivity index (χ0) is 22.6. The molecular formula is C26H27NO5S. The Hall–Kier alpha value is -3.19. The third kappa shape index (κ3) is 4.78. The molecule has 1 saturated heterocycles. The fraction of sp³-hybridized carbons (Fsp3) is 0.346. The van der Waals surface area contributed by atoms with Gasteiger partial charge in [-0.2, -0.15) is 0 Å². The summed E-state index contributed by atoms with van der Waals surface area (Å²) < 4.78 is 23.2. The van der Waals surface area contributed by atoms with Gasteiger partial charge >= 0.3 is 0 Å². The van der Waals surface area contributed by atoms with E-state index in [9.17, 15) is 4.79 Å². The maximum atomic E-state index is 13.1. The van der Waals surface area contributed by atoms with E-state index in [4.69, 9.17) is 18.9 Å². The van der Waals surface area contributed by atoms with Crippen LogP contribution < -0.4 is 18.9 Å². The van der Waals surface area contributed by atoms with Gasteiger partial charge in [0.1, 0.15) is 19.3 Å². The molecule has 1 fully saturated rings. The average Bonchev–Trinajstić information content (AvgIpc) is 3.36. The van der Waals surface area contributed by atoms with Gasteiger partial charge in [-0.05, 0) is 55.0 Å². The number of rotatable bonds is 6. The third-order valence-corrected chi connectivity index (χ3v) is 6.94. The Bertz CT molecular complexity index is 1120. The normalized spacial score (nSPS) is 15.8. The molecule has 0 radical (unpaired) electrons. The van der Waals surface area contributed by atoms with Crippen LogP contribution in [0.25, 0.3) is 10.4 Å². The number of carbonyl (C=O) groups excluding carboxylic acids is 1. The molecule has 2 aliphatic rings. The Labute approximate surface area is 197 Å². The molecule has 33 heavy (non-hydrogen) atoms. The fourth-order valence-electron chi connectivity index (χ4n) is 4.14. The first-order valence-corrected chi connectivity index (χ1v) is 12.2. The molecule has 172 valence electrons. The number of carbonyl (C=O) groups is 1. The number of hydrogen-bond acceptors (Lipinski definition) is 6. The van der Waals surface area contributed by atoms with Crippen LogP contribution in [0.2, 0.25) is 0 Å². The van der Waals surface area contributed by atoms with Crippen molar-refractivity contribution in [2.75, 3.05) is 32.9 Å². The topological polar surface area (TPSA) is 57.2 Å². The van der Waals surface area contributed by atoms with E-state index in [-0.39, 0.29) is 12.0 Å². The fourth-order valence-corrected chi connectivity index (χ4v) is 5.11. The van der Waals surface area contributed by atoms with Crippen molar-refractivity contribution >= 4 is 17.2 Å². The van der Waals surface area contributed by atoms with Crippen LogP contribution in [0, 0.1) is 0 Å². The monoisotopic (exact) mass is 465 g/mol. The van der Waals surface area contributed by atoms with Gasteiger partial charge in [-0.1, -0.05) is 12.1 Å². The molecule has 6 nitrogen and oxygen atoms in total. The molecule has 0 aliphatic carbocycles. The molecular weight excluding hydrogens is 438 g/mol. The second-order valence-corrected chi connectivity index (χ2v) is 9.10. The maximum Gasteiger partial charge on any atom is 0.263 e. The molecule has 3 heterocycles. The minimum Gasteiger partial charge on any atom is -0.490 e. The standard InChI is InChI=1S/C26H27NO5S/c1-2-29-20-5-3-4-6-22(20)32-19-11-13-27(14-12-19)26(28)25-10-9-24(33-25)18-7-8-21-23(17-18)31-16-15-30-21/h3-10,17,19H,2,11-16H2,1H3. The zero-order valence-electron chi connectivity index (χ0n) is 18.6. The predicted octanol–water partition coefficient (Wildman–Crippen LogP) is 5.27. The van der Waals surface area contributed by atoms with E-state index in [0.717, 1.165) is 51.2 Å². The van der Waals surface area contributed by atoms with Gasteiger partial charge in [-0.15, -0.1) is 11.3 Å². The van der Waals surface area contributed by atoms with Gasteiger partial charge in [-0.3, -0.25) is 4.79 Å². The van der Waals surface area contributed by atoms with Crippen molar-refractivity contribution in [1.29, 1.82) is 0 Å². The number of likely N-dealkylation sites (tertiary alicyclic amines) is 1. The number of thiophene rings is 1. The van der Waals surface area contributed by atoms with Crippen LogP contribution in [-0.2, 0) is 0 Å². The number of amides is 1. The lowest BCUT2D eigenvalue weighted by molar-refractivity contribution is 0.0593. The van der Waals surface area contributed by atoms with Gasteiger partial charge in [0.2, 0.25) is 0 Å².